The molecule has 0 saturated heterocycles. The van der Waals surface area contributed by atoms with E-state index in [9.17, 15) is 0 Å². The third-order valence-electron chi connectivity index (χ3n) is 4.10. The number of nitrogens with two attached hydrogens (primary N) is 1. The Labute approximate surface area is 133 Å². The van der Waals surface area contributed by atoms with Crippen LogP contribution in [-0.2, 0) is 0 Å². The minimum Gasteiger partial charge on any atom is -0.330 e. The van der Waals surface area contributed by atoms with E-state index in [1.807, 2.05) is 11.3 Å². The molecular formula is C18H28N2S. The lowest BCUT2D eigenvalue weighted by Crippen LogP contribution is -2.40. The van der Waals surface area contributed by atoms with Crippen LogP contribution in [0, 0.1) is 5.41 Å². The highest BCUT2D eigenvalue weighted by Gasteiger charge is 2.24. The maximum Gasteiger partial charge on any atom is 0.0413 e. The zero-order valence-electron chi connectivity index (χ0n) is 13.7. The molecule has 1 atom stereocenters. The van der Waals surface area contributed by atoms with Crippen LogP contribution in [0.25, 0.3) is 10.1 Å². The molecule has 1 unspecified atom stereocenters. The third kappa shape index (κ3) is 4.06. The first-order chi connectivity index (χ1) is 9.96. The quantitative estimate of drug-likeness (QED) is 0.806. The van der Waals surface area contributed by atoms with Gasteiger partial charge in [-0.15, -0.1) is 11.3 Å². The van der Waals surface area contributed by atoms with Gasteiger partial charge < -0.3 is 5.73 Å². The Hall–Kier alpha value is -0.900. The highest BCUT2D eigenvalue weighted by molar-refractivity contribution is 7.19. The van der Waals surface area contributed by atoms with E-state index in [0.717, 1.165) is 19.6 Å². The van der Waals surface area contributed by atoms with Crippen molar-refractivity contribution in [2.24, 2.45) is 11.1 Å². The second-order valence-corrected chi connectivity index (χ2v) is 7.82. The van der Waals surface area contributed by atoms with Crippen molar-refractivity contribution in [1.82, 2.24) is 4.90 Å². The van der Waals surface area contributed by atoms with E-state index in [4.69, 9.17) is 5.73 Å². The Kier molecular flexibility index (Phi) is 5.42. The predicted molar refractivity (Wildman–Crippen MR) is 94.9 cm³/mol. The second-order valence-electron chi connectivity index (χ2n) is 6.70. The minimum absolute atomic E-state index is 0.167. The number of hydrogen-bond donors (Lipinski definition) is 1. The number of hydrogen-bond acceptors (Lipinski definition) is 3. The molecule has 0 amide bonds. The molecule has 1 heterocycles. The fourth-order valence-corrected chi connectivity index (χ4v) is 3.85. The summed E-state index contributed by atoms with van der Waals surface area (Å²) in [5.41, 5.74) is 6.09. The zero-order chi connectivity index (χ0) is 15.5. The van der Waals surface area contributed by atoms with E-state index < -0.39 is 0 Å². The van der Waals surface area contributed by atoms with Crippen LogP contribution in [0.4, 0.5) is 0 Å². The summed E-state index contributed by atoms with van der Waals surface area (Å²) in [6.07, 6.45) is 1.18. The van der Waals surface area contributed by atoms with Crippen LogP contribution in [0.1, 0.15) is 45.0 Å². The number of thiophene rings is 1. The summed E-state index contributed by atoms with van der Waals surface area (Å²) < 4.78 is 1.38. The van der Waals surface area contributed by atoms with Gasteiger partial charge in [-0.25, -0.2) is 0 Å². The average Bonchev–Trinajstić information content (AvgIpc) is 2.89. The molecule has 0 aliphatic rings. The maximum atomic E-state index is 5.93. The highest BCUT2D eigenvalue weighted by atomic mass is 32.1. The highest BCUT2D eigenvalue weighted by Crippen LogP contribution is 2.33. The fraction of sp³-hybridized carbons (Fsp3) is 0.556. The van der Waals surface area contributed by atoms with Crippen LogP contribution in [0.5, 0.6) is 0 Å². The van der Waals surface area contributed by atoms with Crippen LogP contribution in [-0.4, -0.2) is 24.5 Å². The van der Waals surface area contributed by atoms with Crippen molar-refractivity contribution in [2.45, 2.75) is 40.2 Å². The van der Waals surface area contributed by atoms with Crippen molar-refractivity contribution in [2.75, 3.05) is 19.6 Å². The maximum absolute atomic E-state index is 5.93. The zero-order valence-corrected chi connectivity index (χ0v) is 14.5. The standard InChI is InChI=1S/C18H28N2S/c1-5-10-20(13-18(3,4)12-19)14(2)17-11-15-8-6-7-9-16(15)21-17/h6-9,11,14H,5,10,12-13,19H2,1-4H3. The van der Waals surface area contributed by atoms with Crippen LogP contribution >= 0.6 is 11.3 Å². The molecule has 3 heteroatoms. The molecule has 21 heavy (non-hydrogen) atoms. The molecule has 0 fully saturated rings. The molecule has 1 aromatic carbocycles. The Bertz CT molecular complexity index is 540. The molecule has 0 spiro atoms. The second kappa shape index (κ2) is 6.91. The Morgan fingerprint density at radius 3 is 2.62 bits per heavy atom. The van der Waals surface area contributed by atoms with E-state index in [0.29, 0.717) is 6.04 Å². The number of benzene rings is 1. The molecule has 2 aromatic rings. The lowest BCUT2D eigenvalue weighted by atomic mass is 9.92. The van der Waals surface area contributed by atoms with Gasteiger partial charge in [-0.05, 0) is 49.4 Å². The van der Waals surface area contributed by atoms with Gasteiger partial charge in [0.1, 0.15) is 0 Å². The van der Waals surface area contributed by atoms with Gasteiger partial charge in [-0.2, -0.15) is 0 Å². The average molecular weight is 305 g/mol. The molecular weight excluding hydrogens is 276 g/mol. The van der Waals surface area contributed by atoms with Crippen molar-refractivity contribution >= 4 is 21.4 Å². The Morgan fingerprint density at radius 2 is 2.00 bits per heavy atom. The monoisotopic (exact) mass is 304 g/mol. The summed E-state index contributed by atoms with van der Waals surface area (Å²) in [6.45, 7) is 12.0. The molecule has 116 valence electrons. The normalized spacial score (nSPS) is 14.0. The first-order valence-corrected chi connectivity index (χ1v) is 8.71. The molecule has 0 radical (unpaired) electrons. The van der Waals surface area contributed by atoms with Crippen molar-refractivity contribution in [1.29, 1.82) is 0 Å². The van der Waals surface area contributed by atoms with E-state index in [1.165, 1.54) is 21.4 Å². The summed E-state index contributed by atoms with van der Waals surface area (Å²) in [5, 5.41) is 1.36. The molecule has 0 saturated carbocycles. The van der Waals surface area contributed by atoms with Crippen LogP contribution < -0.4 is 5.73 Å². The van der Waals surface area contributed by atoms with E-state index >= 15 is 0 Å². The number of nitrogens with zero attached hydrogens (tertiary/aromatic N) is 1. The SMILES string of the molecule is CCCN(CC(C)(C)CN)C(C)c1cc2ccccc2s1. The van der Waals surface area contributed by atoms with Gasteiger partial charge in [0.05, 0.1) is 0 Å². The van der Waals surface area contributed by atoms with E-state index in [-0.39, 0.29) is 5.41 Å². The van der Waals surface area contributed by atoms with Gasteiger partial charge in [-0.1, -0.05) is 39.0 Å². The van der Waals surface area contributed by atoms with Crippen molar-refractivity contribution in [3.05, 3.63) is 35.2 Å². The Morgan fingerprint density at radius 1 is 1.29 bits per heavy atom. The molecule has 0 bridgehead atoms. The smallest absolute Gasteiger partial charge is 0.0413 e. The summed E-state index contributed by atoms with van der Waals surface area (Å²) in [6, 6.07) is 11.5. The largest absolute Gasteiger partial charge is 0.330 e. The molecule has 0 aliphatic carbocycles. The number of rotatable bonds is 7. The van der Waals surface area contributed by atoms with Crippen LogP contribution in [0.2, 0.25) is 0 Å². The van der Waals surface area contributed by atoms with Gasteiger partial charge >= 0.3 is 0 Å². The predicted octanol–water partition coefficient (Wildman–Crippen LogP) is 4.66. The fourth-order valence-electron chi connectivity index (χ4n) is 2.70. The molecule has 2 N–H and O–H groups in total. The Balaban J connectivity index is 2.22. The molecule has 2 nitrogen and oxygen atoms in total. The summed E-state index contributed by atoms with van der Waals surface area (Å²) in [4.78, 5) is 4.04. The summed E-state index contributed by atoms with van der Waals surface area (Å²) >= 11 is 1.92. The lowest BCUT2D eigenvalue weighted by Gasteiger charge is -2.35. The lowest BCUT2D eigenvalue weighted by molar-refractivity contribution is 0.142. The third-order valence-corrected chi connectivity index (χ3v) is 5.38. The summed E-state index contributed by atoms with van der Waals surface area (Å²) in [5.74, 6) is 0. The van der Waals surface area contributed by atoms with Crippen LogP contribution in [0.15, 0.2) is 30.3 Å². The van der Waals surface area contributed by atoms with Crippen LogP contribution in [0.3, 0.4) is 0 Å². The van der Waals surface area contributed by atoms with Gasteiger partial charge in [-0.3, -0.25) is 4.90 Å². The van der Waals surface area contributed by atoms with Crippen molar-refractivity contribution < 1.29 is 0 Å². The first-order valence-electron chi connectivity index (χ1n) is 7.89. The molecule has 1 aromatic heterocycles. The van der Waals surface area contributed by atoms with Gasteiger partial charge in [0.25, 0.3) is 0 Å². The van der Waals surface area contributed by atoms with Crippen molar-refractivity contribution in [3.8, 4) is 0 Å². The first kappa shape index (κ1) is 16.5. The molecule has 0 aliphatic heterocycles. The minimum atomic E-state index is 0.167. The van der Waals surface area contributed by atoms with Crippen molar-refractivity contribution in [3.63, 3.8) is 0 Å². The topological polar surface area (TPSA) is 29.3 Å². The number of fused-ring (bicyclic) bond motifs is 1. The van der Waals surface area contributed by atoms with Gasteiger partial charge in [0.15, 0.2) is 0 Å². The summed E-state index contributed by atoms with van der Waals surface area (Å²) in [7, 11) is 0. The van der Waals surface area contributed by atoms with E-state index in [2.05, 4.69) is 62.9 Å². The van der Waals surface area contributed by atoms with Gasteiger partial charge in [0, 0.05) is 22.2 Å². The van der Waals surface area contributed by atoms with E-state index in [1.54, 1.807) is 0 Å². The van der Waals surface area contributed by atoms with Gasteiger partial charge in [0.2, 0.25) is 0 Å². The molecule has 2 rings (SSSR count).